The van der Waals surface area contributed by atoms with Gasteiger partial charge in [-0.25, -0.2) is 0 Å². The number of benzene rings is 2. The van der Waals surface area contributed by atoms with E-state index >= 15 is 0 Å². The molecule has 0 saturated carbocycles. The van der Waals surface area contributed by atoms with Gasteiger partial charge in [-0.3, -0.25) is 0 Å². The van der Waals surface area contributed by atoms with E-state index in [1.807, 2.05) is 36.4 Å². The molecule has 3 nitrogen and oxygen atoms in total. The first-order valence-electron chi connectivity index (χ1n) is 6.10. The van der Waals surface area contributed by atoms with Crippen molar-refractivity contribution in [1.29, 1.82) is 5.26 Å². The van der Waals surface area contributed by atoms with Crippen LogP contribution in [0.4, 0.5) is 0 Å². The minimum absolute atomic E-state index is 0.558. The third-order valence-corrected chi connectivity index (χ3v) is 3.90. The maximum atomic E-state index is 8.96. The van der Waals surface area contributed by atoms with E-state index in [4.69, 9.17) is 14.7 Å². The molecular formula is C16H15NO2S. The number of hydrogen-bond acceptors (Lipinski definition) is 4. The highest BCUT2D eigenvalue weighted by atomic mass is 32.2. The number of nitrogens with zero attached hydrogens (tertiary/aromatic N) is 1. The molecule has 0 bridgehead atoms. The number of hydrogen-bond donors (Lipinski definition) is 0. The van der Waals surface area contributed by atoms with Gasteiger partial charge in [0, 0.05) is 10.6 Å². The predicted molar refractivity (Wildman–Crippen MR) is 80.3 cm³/mol. The molecule has 20 heavy (non-hydrogen) atoms. The van der Waals surface area contributed by atoms with E-state index in [9.17, 15) is 0 Å². The van der Waals surface area contributed by atoms with Crippen LogP contribution < -0.4 is 9.47 Å². The Labute approximate surface area is 123 Å². The van der Waals surface area contributed by atoms with E-state index < -0.39 is 0 Å². The van der Waals surface area contributed by atoms with Crippen molar-refractivity contribution in [1.82, 2.24) is 0 Å². The van der Waals surface area contributed by atoms with Crippen molar-refractivity contribution in [3.8, 4) is 17.6 Å². The third kappa shape index (κ3) is 3.46. The highest BCUT2D eigenvalue weighted by Crippen LogP contribution is 2.28. The largest absolute Gasteiger partial charge is 0.497 e. The molecule has 2 aromatic rings. The second-order valence-electron chi connectivity index (χ2n) is 4.11. The second-order valence-corrected chi connectivity index (χ2v) is 5.16. The molecule has 0 radical (unpaired) electrons. The average molecular weight is 285 g/mol. The van der Waals surface area contributed by atoms with Crippen LogP contribution in [0.25, 0.3) is 0 Å². The summed E-state index contributed by atoms with van der Waals surface area (Å²) in [6, 6.07) is 15.7. The number of thioether (sulfide) groups is 1. The molecule has 0 unspecified atom stereocenters. The van der Waals surface area contributed by atoms with Gasteiger partial charge in [0.05, 0.1) is 19.8 Å². The van der Waals surface area contributed by atoms with Crippen molar-refractivity contribution in [2.45, 2.75) is 10.6 Å². The first kappa shape index (κ1) is 14.3. The zero-order chi connectivity index (χ0) is 14.4. The number of ether oxygens (including phenoxy) is 2. The quantitative estimate of drug-likeness (QED) is 0.782. The van der Waals surface area contributed by atoms with Crippen LogP contribution in [0, 0.1) is 11.3 Å². The summed E-state index contributed by atoms with van der Waals surface area (Å²) >= 11 is 1.72. The molecule has 0 spiro atoms. The summed E-state index contributed by atoms with van der Waals surface area (Å²) in [7, 11) is 3.24. The van der Waals surface area contributed by atoms with Crippen molar-refractivity contribution >= 4 is 11.8 Å². The first-order chi connectivity index (χ1) is 9.76. The molecule has 0 amide bonds. The first-order valence-corrected chi connectivity index (χ1v) is 7.09. The number of rotatable bonds is 5. The molecule has 0 N–H and O–H groups in total. The fourth-order valence-electron chi connectivity index (χ4n) is 1.78. The van der Waals surface area contributed by atoms with Crippen LogP contribution >= 0.6 is 11.8 Å². The van der Waals surface area contributed by atoms with E-state index in [0.29, 0.717) is 11.3 Å². The Morgan fingerprint density at radius 1 is 1.10 bits per heavy atom. The van der Waals surface area contributed by atoms with Crippen molar-refractivity contribution < 1.29 is 9.47 Å². The second kappa shape index (κ2) is 6.88. The van der Waals surface area contributed by atoms with Gasteiger partial charge in [-0.15, -0.1) is 11.8 Å². The minimum Gasteiger partial charge on any atom is -0.497 e. The lowest BCUT2D eigenvalue weighted by atomic mass is 10.1. The molecule has 0 heterocycles. The zero-order valence-electron chi connectivity index (χ0n) is 11.4. The molecule has 2 rings (SSSR count). The summed E-state index contributed by atoms with van der Waals surface area (Å²) < 4.78 is 10.4. The Morgan fingerprint density at radius 3 is 2.65 bits per heavy atom. The molecule has 0 saturated heterocycles. The average Bonchev–Trinajstić information content (AvgIpc) is 2.52. The molecule has 0 fully saturated rings. The third-order valence-electron chi connectivity index (χ3n) is 2.83. The maximum Gasteiger partial charge on any atom is 0.136 e. The normalized spacial score (nSPS) is 9.85. The van der Waals surface area contributed by atoms with E-state index in [1.54, 1.807) is 32.0 Å². The van der Waals surface area contributed by atoms with E-state index in [-0.39, 0.29) is 0 Å². The molecule has 0 aliphatic rings. The van der Waals surface area contributed by atoms with Gasteiger partial charge >= 0.3 is 0 Å². The highest BCUT2D eigenvalue weighted by Gasteiger charge is 2.04. The monoisotopic (exact) mass is 285 g/mol. The number of nitriles is 1. The Kier molecular flexibility index (Phi) is 4.91. The van der Waals surface area contributed by atoms with Crippen LogP contribution in [0.1, 0.15) is 11.1 Å². The Hall–Kier alpha value is -2.12. The SMILES string of the molecule is COc1cccc(SCc2ccc(C#N)c(OC)c2)c1. The molecule has 0 aliphatic heterocycles. The fourth-order valence-corrected chi connectivity index (χ4v) is 2.66. The van der Waals surface area contributed by atoms with Crippen LogP contribution in [-0.2, 0) is 5.75 Å². The van der Waals surface area contributed by atoms with Crippen molar-refractivity contribution in [2.75, 3.05) is 14.2 Å². The number of methoxy groups -OCH3 is 2. The maximum absolute atomic E-state index is 8.96. The van der Waals surface area contributed by atoms with Gasteiger partial charge < -0.3 is 9.47 Å². The summed E-state index contributed by atoms with van der Waals surface area (Å²) in [5.74, 6) is 2.29. The van der Waals surface area contributed by atoms with Gasteiger partial charge in [-0.1, -0.05) is 12.1 Å². The van der Waals surface area contributed by atoms with Crippen molar-refractivity contribution in [2.24, 2.45) is 0 Å². The lowest BCUT2D eigenvalue weighted by Gasteiger charge is -2.07. The smallest absolute Gasteiger partial charge is 0.136 e. The summed E-state index contributed by atoms with van der Waals surface area (Å²) in [6.07, 6.45) is 0. The lowest BCUT2D eigenvalue weighted by Crippen LogP contribution is -1.90. The molecule has 0 aromatic heterocycles. The molecule has 0 atom stereocenters. The Morgan fingerprint density at radius 2 is 1.95 bits per heavy atom. The molecule has 0 aliphatic carbocycles. The predicted octanol–water partition coefficient (Wildman–Crippen LogP) is 3.87. The minimum atomic E-state index is 0.558. The summed E-state index contributed by atoms with van der Waals surface area (Å²) in [5, 5.41) is 8.96. The van der Waals surface area contributed by atoms with Crippen molar-refractivity contribution in [3.63, 3.8) is 0 Å². The fraction of sp³-hybridized carbons (Fsp3) is 0.188. The van der Waals surface area contributed by atoms with Gasteiger partial charge in [0.25, 0.3) is 0 Å². The molecule has 102 valence electrons. The van der Waals surface area contributed by atoms with Gasteiger partial charge in [0.2, 0.25) is 0 Å². The highest BCUT2D eigenvalue weighted by molar-refractivity contribution is 7.98. The van der Waals surface area contributed by atoms with E-state index in [2.05, 4.69) is 6.07 Å². The van der Waals surface area contributed by atoms with Gasteiger partial charge in [-0.05, 0) is 35.9 Å². The topological polar surface area (TPSA) is 42.2 Å². The standard InChI is InChI=1S/C16H15NO2S/c1-18-14-4-3-5-15(9-14)20-11-12-6-7-13(10-17)16(8-12)19-2/h3-9H,11H2,1-2H3. The summed E-state index contributed by atoms with van der Waals surface area (Å²) in [5.41, 5.74) is 1.68. The zero-order valence-corrected chi connectivity index (χ0v) is 12.2. The van der Waals surface area contributed by atoms with Crippen LogP contribution in [0.3, 0.4) is 0 Å². The van der Waals surface area contributed by atoms with Gasteiger partial charge in [-0.2, -0.15) is 5.26 Å². The summed E-state index contributed by atoms with van der Waals surface area (Å²) in [4.78, 5) is 1.15. The Balaban J connectivity index is 2.09. The van der Waals surface area contributed by atoms with Crippen LogP contribution in [-0.4, -0.2) is 14.2 Å². The van der Waals surface area contributed by atoms with Gasteiger partial charge in [0.15, 0.2) is 0 Å². The lowest BCUT2D eigenvalue weighted by molar-refractivity contribution is 0.413. The van der Waals surface area contributed by atoms with E-state index in [1.165, 1.54) is 0 Å². The Bertz CT molecular complexity index is 635. The summed E-state index contributed by atoms with van der Waals surface area (Å²) in [6.45, 7) is 0. The van der Waals surface area contributed by atoms with Crippen molar-refractivity contribution in [3.05, 3.63) is 53.6 Å². The molecule has 4 heteroatoms. The van der Waals surface area contributed by atoms with Crippen LogP contribution in [0.15, 0.2) is 47.4 Å². The van der Waals surface area contributed by atoms with E-state index in [0.717, 1.165) is 22.0 Å². The van der Waals surface area contributed by atoms with Crippen LogP contribution in [0.2, 0.25) is 0 Å². The van der Waals surface area contributed by atoms with Gasteiger partial charge in [0.1, 0.15) is 17.6 Å². The molecular weight excluding hydrogens is 270 g/mol. The van der Waals surface area contributed by atoms with Crippen LogP contribution in [0.5, 0.6) is 11.5 Å². The molecule has 2 aromatic carbocycles.